The highest BCUT2D eigenvalue weighted by Gasteiger charge is 2.10. The third-order valence-corrected chi connectivity index (χ3v) is 4.98. The first-order valence-corrected chi connectivity index (χ1v) is 10.3. The Morgan fingerprint density at radius 2 is 1.91 bits per heavy atom. The van der Waals surface area contributed by atoms with Crippen molar-refractivity contribution >= 4 is 40.4 Å². The van der Waals surface area contributed by atoms with Crippen LogP contribution in [-0.4, -0.2) is 21.2 Å². The number of pyridine rings is 1. The van der Waals surface area contributed by atoms with Gasteiger partial charge >= 0.3 is 0 Å². The minimum atomic E-state index is -0.304. The first-order chi connectivity index (χ1) is 15.4. The summed E-state index contributed by atoms with van der Waals surface area (Å²) in [7, 11) is 0. The monoisotopic (exact) mass is 448 g/mol. The van der Waals surface area contributed by atoms with Crippen molar-refractivity contribution in [3.63, 3.8) is 0 Å². The van der Waals surface area contributed by atoms with Gasteiger partial charge in [0.2, 0.25) is 5.91 Å². The van der Waals surface area contributed by atoms with E-state index >= 15 is 0 Å². The first kappa shape index (κ1) is 21.4. The fourth-order valence-corrected chi connectivity index (χ4v) is 3.42. The van der Waals surface area contributed by atoms with E-state index in [1.807, 2.05) is 35.9 Å². The number of halogens is 1. The van der Waals surface area contributed by atoms with Crippen molar-refractivity contribution in [3.05, 3.63) is 88.8 Å². The molecular weight excluding hydrogens is 428 g/mol. The van der Waals surface area contributed by atoms with Gasteiger partial charge < -0.3 is 19.8 Å². The molecule has 0 spiro atoms. The molecule has 2 amide bonds. The van der Waals surface area contributed by atoms with Crippen LogP contribution >= 0.6 is 11.6 Å². The molecule has 0 aliphatic carbocycles. The topological polar surface area (TPSA) is 84.7 Å². The molecule has 0 fully saturated rings. The first-order valence-electron chi connectivity index (χ1n) is 9.93. The van der Waals surface area contributed by atoms with Gasteiger partial charge in [0, 0.05) is 30.6 Å². The molecular formula is C24H21ClN4O3. The molecule has 7 nitrogen and oxygen atoms in total. The highest BCUT2D eigenvalue weighted by atomic mass is 35.5. The van der Waals surface area contributed by atoms with Gasteiger partial charge in [-0.1, -0.05) is 23.7 Å². The molecule has 0 saturated carbocycles. The lowest BCUT2D eigenvalue weighted by Gasteiger charge is -2.10. The lowest BCUT2D eigenvalue weighted by molar-refractivity contribution is -0.114. The van der Waals surface area contributed by atoms with Crippen LogP contribution in [0.3, 0.4) is 0 Å². The molecule has 32 heavy (non-hydrogen) atoms. The van der Waals surface area contributed by atoms with E-state index in [9.17, 15) is 9.59 Å². The minimum absolute atomic E-state index is 0.223. The molecule has 4 rings (SSSR count). The van der Waals surface area contributed by atoms with E-state index in [0.29, 0.717) is 27.7 Å². The molecule has 162 valence electrons. The average Bonchev–Trinajstić information content (AvgIpc) is 3.16. The second kappa shape index (κ2) is 9.11. The summed E-state index contributed by atoms with van der Waals surface area (Å²) in [6.07, 6.45) is 3.93. The second-order valence-electron chi connectivity index (χ2n) is 7.35. The standard InChI is InChI=1S/C24H21ClN4O3/c1-15-6-9-23-27-19(13-29(23)12-15)14-32-20-5-3-4-17(10-20)24(31)28-18-7-8-22(21(25)11-18)26-16(2)30/h3-13H,14H2,1-2H3,(H,26,30)(H,28,31). The molecule has 0 aliphatic heterocycles. The predicted molar refractivity (Wildman–Crippen MR) is 124 cm³/mol. The Labute approximate surface area is 190 Å². The van der Waals surface area contributed by atoms with Crippen LogP contribution in [0.25, 0.3) is 5.65 Å². The molecule has 0 atom stereocenters. The highest BCUT2D eigenvalue weighted by Crippen LogP contribution is 2.26. The van der Waals surface area contributed by atoms with E-state index in [0.717, 1.165) is 16.9 Å². The van der Waals surface area contributed by atoms with E-state index in [2.05, 4.69) is 15.6 Å². The maximum atomic E-state index is 12.7. The van der Waals surface area contributed by atoms with Crippen molar-refractivity contribution in [1.82, 2.24) is 9.38 Å². The smallest absolute Gasteiger partial charge is 0.255 e. The average molecular weight is 449 g/mol. The summed E-state index contributed by atoms with van der Waals surface area (Å²) in [5.41, 5.74) is 4.22. The van der Waals surface area contributed by atoms with Crippen molar-refractivity contribution in [2.45, 2.75) is 20.5 Å². The normalized spacial score (nSPS) is 10.7. The zero-order chi connectivity index (χ0) is 22.7. The Morgan fingerprint density at radius 3 is 2.69 bits per heavy atom. The highest BCUT2D eigenvalue weighted by molar-refractivity contribution is 6.34. The number of nitrogens with one attached hydrogen (secondary N) is 2. The third kappa shape index (κ3) is 5.07. The number of rotatable bonds is 6. The number of benzene rings is 2. The van der Waals surface area contributed by atoms with Crippen molar-refractivity contribution < 1.29 is 14.3 Å². The summed E-state index contributed by atoms with van der Waals surface area (Å²) >= 11 is 6.17. The quantitative estimate of drug-likeness (QED) is 0.430. The maximum Gasteiger partial charge on any atom is 0.255 e. The fourth-order valence-electron chi connectivity index (χ4n) is 3.20. The summed E-state index contributed by atoms with van der Waals surface area (Å²) in [5, 5.41) is 5.75. The van der Waals surface area contributed by atoms with Gasteiger partial charge in [-0.3, -0.25) is 9.59 Å². The molecule has 2 aromatic carbocycles. The van der Waals surface area contributed by atoms with Crippen LogP contribution in [0.1, 0.15) is 28.5 Å². The number of aromatic nitrogens is 2. The van der Waals surface area contributed by atoms with Gasteiger partial charge in [-0.15, -0.1) is 0 Å². The lowest BCUT2D eigenvalue weighted by atomic mass is 10.2. The number of carbonyl (C=O) groups is 2. The number of fused-ring (bicyclic) bond motifs is 1. The maximum absolute atomic E-state index is 12.7. The van der Waals surface area contributed by atoms with Gasteiger partial charge in [-0.05, 0) is 55.0 Å². The van der Waals surface area contributed by atoms with Gasteiger partial charge in [-0.2, -0.15) is 0 Å². The van der Waals surface area contributed by atoms with Crippen LogP contribution in [0.4, 0.5) is 11.4 Å². The summed E-state index contributed by atoms with van der Waals surface area (Å²) in [6, 6.07) is 15.8. The van der Waals surface area contributed by atoms with Crippen LogP contribution in [0.5, 0.6) is 5.75 Å². The van der Waals surface area contributed by atoms with Gasteiger partial charge in [-0.25, -0.2) is 4.98 Å². The number of nitrogens with zero attached hydrogens (tertiary/aromatic N) is 2. The number of carbonyl (C=O) groups excluding carboxylic acids is 2. The molecule has 2 heterocycles. The summed E-state index contributed by atoms with van der Waals surface area (Å²) < 4.78 is 7.81. The molecule has 2 aromatic heterocycles. The molecule has 0 radical (unpaired) electrons. The molecule has 4 aromatic rings. The Kier molecular flexibility index (Phi) is 6.09. The molecule has 0 saturated heterocycles. The van der Waals surface area contributed by atoms with Crippen molar-refractivity contribution in [1.29, 1.82) is 0 Å². The van der Waals surface area contributed by atoms with E-state index in [4.69, 9.17) is 16.3 Å². The van der Waals surface area contributed by atoms with Crippen molar-refractivity contribution in [2.75, 3.05) is 10.6 Å². The van der Waals surface area contributed by atoms with Crippen LogP contribution in [0.2, 0.25) is 5.02 Å². The number of ether oxygens (including phenoxy) is 1. The summed E-state index contributed by atoms with van der Waals surface area (Å²) in [6.45, 7) is 3.71. The number of hydrogen-bond donors (Lipinski definition) is 2. The van der Waals surface area contributed by atoms with Gasteiger partial charge in [0.15, 0.2) is 0 Å². The second-order valence-corrected chi connectivity index (χ2v) is 7.76. The molecule has 0 aliphatic rings. The van der Waals surface area contributed by atoms with Crippen LogP contribution in [0.15, 0.2) is 67.0 Å². The van der Waals surface area contributed by atoms with Gasteiger partial charge in [0.25, 0.3) is 5.91 Å². The lowest BCUT2D eigenvalue weighted by Crippen LogP contribution is -2.12. The SMILES string of the molecule is CC(=O)Nc1ccc(NC(=O)c2cccc(OCc3cn4cc(C)ccc4n3)c2)cc1Cl. The number of aryl methyl sites for hydroxylation is 1. The summed E-state index contributed by atoms with van der Waals surface area (Å²) in [5.74, 6) is 0.0335. The number of amides is 2. The third-order valence-electron chi connectivity index (χ3n) is 4.67. The van der Waals surface area contributed by atoms with E-state index in [-0.39, 0.29) is 18.4 Å². The zero-order valence-corrected chi connectivity index (χ0v) is 18.3. The van der Waals surface area contributed by atoms with E-state index in [1.165, 1.54) is 6.92 Å². The molecule has 0 unspecified atom stereocenters. The Morgan fingerprint density at radius 1 is 1.06 bits per heavy atom. The fraction of sp³-hybridized carbons (Fsp3) is 0.125. The van der Waals surface area contributed by atoms with Crippen molar-refractivity contribution in [3.8, 4) is 5.75 Å². The van der Waals surface area contributed by atoms with Crippen molar-refractivity contribution in [2.24, 2.45) is 0 Å². The predicted octanol–water partition coefficient (Wildman–Crippen LogP) is 5.09. The zero-order valence-electron chi connectivity index (χ0n) is 17.6. The summed E-state index contributed by atoms with van der Waals surface area (Å²) in [4.78, 5) is 28.4. The Balaban J connectivity index is 1.42. The largest absolute Gasteiger partial charge is 0.487 e. The van der Waals surface area contributed by atoms with E-state index < -0.39 is 0 Å². The number of imidazole rings is 1. The molecule has 2 N–H and O–H groups in total. The van der Waals surface area contributed by atoms with Crippen LogP contribution < -0.4 is 15.4 Å². The van der Waals surface area contributed by atoms with Crippen LogP contribution in [-0.2, 0) is 11.4 Å². The van der Waals surface area contributed by atoms with Crippen LogP contribution in [0, 0.1) is 6.92 Å². The van der Waals surface area contributed by atoms with Gasteiger partial charge in [0.05, 0.1) is 16.4 Å². The molecule has 0 bridgehead atoms. The van der Waals surface area contributed by atoms with Gasteiger partial charge in [0.1, 0.15) is 18.0 Å². The Bertz CT molecular complexity index is 1320. The number of anilines is 2. The van der Waals surface area contributed by atoms with E-state index in [1.54, 1.807) is 42.5 Å². The Hall–Kier alpha value is -3.84. The number of hydrogen-bond acceptors (Lipinski definition) is 4. The molecule has 8 heteroatoms. The minimum Gasteiger partial charge on any atom is -0.487 e.